The van der Waals surface area contributed by atoms with Gasteiger partial charge in [0, 0.05) is 24.5 Å². The summed E-state index contributed by atoms with van der Waals surface area (Å²) >= 11 is 0.720. The van der Waals surface area contributed by atoms with Gasteiger partial charge in [0.25, 0.3) is 0 Å². The number of aliphatic hydroxyl groups is 1. The minimum Gasteiger partial charge on any atom is -0.385 e. The Morgan fingerprint density at radius 3 is 2.29 bits per heavy atom. The van der Waals surface area contributed by atoms with Crippen LogP contribution < -0.4 is 10.6 Å². The molecular weight excluding hydrogens is 458 g/mol. The molecule has 0 unspecified atom stereocenters. The molecule has 0 amide bonds. The van der Waals surface area contributed by atoms with Crippen LogP contribution in [0.4, 0.5) is 28.4 Å². The first-order chi connectivity index (χ1) is 14.0. The van der Waals surface area contributed by atoms with E-state index in [0.29, 0.717) is 5.69 Å². The number of nitrogens with one attached hydrogen (secondary N) is 2. The molecule has 0 saturated carbocycles. The molecule has 2 rings (SSSR count). The summed E-state index contributed by atoms with van der Waals surface area (Å²) in [6.07, 6.45) is -3.82. The van der Waals surface area contributed by atoms with E-state index in [4.69, 9.17) is 0 Å². The summed E-state index contributed by atoms with van der Waals surface area (Å²) in [5.41, 5.74) is -2.51. The van der Waals surface area contributed by atoms with Crippen molar-refractivity contribution < 1.29 is 31.1 Å². The number of thiazole rings is 1. The average Bonchev–Trinajstić information content (AvgIpc) is 3.03. The van der Waals surface area contributed by atoms with Gasteiger partial charge in [0.1, 0.15) is 10.7 Å². The summed E-state index contributed by atoms with van der Waals surface area (Å²) < 4.78 is 77.2. The standard InChI is InChI=1S/C19H25F4N3O3S2/c1-10(2)13(9-24-11-6-7-12(20)14(8-11)31(5,28)29)25-17-26-15(19(21,22)23)16(30-17)18(3,4)27/h6-8,10,13,24,27H,9H2,1-5H3,(H,25,26)/t13-/m0/s1. The lowest BCUT2D eigenvalue weighted by Gasteiger charge is -2.23. The SMILES string of the molecule is CC(C)[C@H](CNc1ccc(F)c(S(C)(=O)=O)c1)Nc1nc(C(F)(F)F)c(C(C)(C)O)s1. The van der Waals surface area contributed by atoms with Gasteiger partial charge in [-0.05, 0) is 38.0 Å². The van der Waals surface area contributed by atoms with E-state index < -0.39 is 44.1 Å². The highest BCUT2D eigenvalue weighted by Crippen LogP contribution is 2.41. The largest absolute Gasteiger partial charge is 0.434 e. The van der Waals surface area contributed by atoms with E-state index in [0.717, 1.165) is 23.7 Å². The molecular formula is C19H25F4N3O3S2. The lowest BCUT2D eigenvalue weighted by molar-refractivity contribution is -0.143. The second-order valence-corrected chi connectivity index (χ2v) is 11.0. The van der Waals surface area contributed by atoms with Gasteiger partial charge in [-0.2, -0.15) is 13.2 Å². The van der Waals surface area contributed by atoms with Gasteiger partial charge in [0.05, 0.1) is 10.5 Å². The molecule has 1 heterocycles. The zero-order chi connectivity index (χ0) is 23.8. The molecule has 1 atom stereocenters. The summed E-state index contributed by atoms with van der Waals surface area (Å²) in [6.45, 7) is 6.41. The topological polar surface area (TPSA) is 91.3 Å². The molecule has 31 heavy (non-hydrogen) atoms. The van der Waals surface area contributed by atoms with Gasteiger partial charge in [-0.1, -0.05) is 25.2 Å². The Morgan fingerprint density at radius 2 is 1.84 bits per heavy atom. The third-order valence-electron chi connectivity index (χ3n) is 4.42. The van der Waals surface area contributed by atoms with Crippen molar-refractivity contribution in [3.63, 3.8) is 0 Å². The number of halogens is 4. The van der Waals surface area contributed by atoms with Crippen LogP contribution in [-0.4, -0.2) is 37.4 Å². The van der Waals surface area contributed by atoms with Crippen molar-refractivity contribution in [3.8, 4) is 0 Å². The van der Waals surface area contributed by atoms with Crippen LogP contribution in [0.15, 0.2) is 23.1 Å². The van der Waals surface area contributed by atoms with E-state index in [2.05, 4.69) is 15.6 Å². The lowest BCUT2D eigenvalue weighted by Crippen LogP contribution is -2.33. The molecule has 0 radical (unpaired) electrons. The van der Waals surface area contributed by atoms with Gasteiger partial charge in [0.2, 0.25) is 0 Å². The lowest BCUT2D eigenvalue weighted by atomic mass is 10.0. The molecule has 1 aromatic carbocycles. The molecule has 174 valence electrons. The van der Waals surface area contributed by atoms with Gasteiger partial charge in [-0.3, -0.25) is 0 Å². The second-order valence-electron chi connectivity index (χ2n) is 8.05. The maximum absolute atomic E-state index is 13.8. The predicted molar refractivity (Wildman–Crippen MR) is 113 cm³/mol. The van der Waals surface area contributed by atoms with Crippen molar-refractivity contribution in [1.29, 1.82) is 0 Å². The highest BCUT2D eigenvalue weighted by molar-refractivity contribution is 7.90. The van der Waals surface area contributed by atoms with Crippen LogP contribution in [0.5, 0.6) is 0 Å². The molecule has 0 saturated heterocycles. The molecule has 2 aromatic rings. The summed E-state index contributed by atoms with van der Waals surface area (Å²) in [5.74, 6) is -0.917. The molecule has 0 spiro atoms. The summed E-state index contributed by atoms with van der Waals surface area (Å²) in [7, 11) is -3.76. The third kappa shape index (κ3) is 6.53. The molecule has 0 fully saturated rings. The predicted octanol–water partition coefficient (Wildman–Crippen LogP) is 4.48. The van der Waals surface area contributed by atoms with Crippen molar-refractivity contribution in [3.05, 3.63) is 34.6 Å². The number of hydrogen-bond acceptors (Lipinski definition) is 7. The van der Waals surface area contributed by atoms with Crippen molar-refractivity contribution >= 4 is 32.0 Å². The van der Waals surface area contributed by atoms with E-state index in [1.165, 1.54) is 26.0 Å². The molecule has 3 N–H and O–H groups in total. The number of alkyl halides is 3. The van der Waals surface area contributed by atoms with Crippen LogP contribution in [-0.2, 0) is 21.6 Å². The smallest absolute Gasteiger partial charge is 0.385 e. The maximum atomic E-state index is 13.8. The quantitative estimate of drug-likeness (QED) is 0.480. The Hall–Kier alpha value is -1.92. The average molecular weight is 484 g/mol. The summed E-state index contributed by atoms with van der Waals surface area (Å²) in [6, 6.07) is 3.18. The van der Waals surface area contributed by atoms with Crippen molar-refractivity contribution in [1.82, 2.24) is 4.98 Å². The van der Waals surface area contributed by atoms with Crippen LogP contribution in [0.2, 0.25) is 0 Å². The molecule has 0 aliphatic carbocycles. The van der Waals surface area contributed by atoms with Crippen molar-refractivity contribution in [2.75, 3.05) is 23.4 Å². The Kier molecular flexibility index (Phi) is 7.28. The fourth-order valence-corrected chi connectivity index (χ4v) is 4.54. The Labute approximate surface area is 182 Å². The Balaban J connectivity index is 2.25. The highest BCUT2D eigenvalue weighted by Gasteiger charge is 2.41. The first-order valence-electron chi connectivity index (χ1n) is 9.31. The Morgan fingerprint density at radius 1 is 1.23 bits per heavy atom. The van der Waals surface area contributed by atoms with Crippen LogP contribution in [0, 0.1) is 11.7 Å². The van der Waals surface area contributed by atoms with E-state index in [1.807, 2.05) is 13.8 Å². The molecule has 12 heteroatoms. The molecule has 0 aliphatic rings. The van der Waals surface area contributed by atoms with E-state index in [9.17, 15) is 31.1 Å². The monoisotopic (exact) mass is 483 g/mol. The first-order valence-corrected chi connectivity index (χ1v) is 12.0. The minimum absolute atomic E-state index is 0.000816. The molecule has 1 aromatic heterocycles. The highest BCUT2D eigenvalue weighted by atomic mass is 32.2. The van der Waals surface area contributed by atoms with Gasteiger partial charge >= 0.3 is 6.18 Å². The zero-order valence-electron chi connectivity index (χ0n) is 17.6. The van der Waals surface area contributed by atoms with Gasteiger partial charge in [-0.25, -0.2) is 17.8 Å². The maximum Gasteiger partial charge on any atom is 0.434 e. The third-order valence-corrected chi connectivity index (χ3v) is 6.83. The fraction of sp³-hybridized carbons (Fsp3) is 0.526. The minimum atomic E-state index is -4.71. The molecule has 0 bridgehead atoms. The van der Waals surface area contributed by atoms with E-state index in [1.54, 1.807) is 0 Å². The molecule has 0 aliphatic heterocycles. The normalized spacial score (nSPS) is 14.0. The van der Waals surface area contributed by atoms with Crippen LogP contribution in [0.3, 0.4) is 0 Å². The Bertz CT molecular complexity index is 997. The summed E-state index contributed by atoms with van der Waals surface area (Å²) in [5, 5.41) is 16.0. The fourth-order valence-electron chi connectivity index (χ4n) is 2.73. The summed E-state index contributed by atoms with van der Waals surface area (Å²) in [4.78, 5) is 2.90. The van der Waals surface area contributed by atoms with Crippen LogP contribution >= 0.6 is 11.3 Å². The van der Waals surface area contributed by atoms with Crippen molar-refractivity contribution in [2.45, 2.75) is 50.4 Å². The van der Waals surface area contributed by atoms with Gasteiger partial charge in [0.15, 0.2) is 20.7 Å². The first kappa shape index (κ1) is 25.3. The number of hydrogen-bond donors (Lipinski definition) is 3. The van der Waals surface area contributed by atoms with Gasteiger partial charge in [-0.15, -0.1) is 0 Å². The van der Waals surface area contributed by atoms with E-state index in [-0.39, 0.29) is 22.5 Å². The second kappa shape index (κ2) is 8.91. The van der Waals surface area contributed by atoms with Crippen molar-refractivity contribution in [2.24, 2.45) is 5.92 Å². The number of nitrogens with zero attached hydrogens (tertiary/aromatic N) is 1. The van der Waals surface area contributed by atoms with Crippen LogP contribution in [0.25, 0.3) is 0 Å². The molecule has 6 nitrogen and oxygen atoms in total. The number of anilines is 2. The zero-order valence-corrected chi connectivity index (χ0v) is 19.3. The van der Waals surface area contributed by atoms with E-state index >= 15 is 0 Å². The van der Waals surface area contributed by atoms with Gasteiger partial charge < -0.3 is 15.7 Å². The number of benzene rings is 1. The number of rotatable bonds is 8. The number of sulfone groups is 1. The number of aromatic nitrogens is 1. The van der Waals surface area contributed by atoms with Crippen LogP contribution in [0.1, 0.15) is 38.3 Å².